The van der Waals surface area contributed by atoms with E-state index in [9.17, 15) is 51.9 Å². The van der Waals surface area contributed by atoms with Crippen LogP contribution < -0.4 is 16.0 Å². The first-order valence-electron chi connectivity index (χ1n) is 40.6. The van der Waals surface area contributed by atoms with Crippen molar-refractivity contribution in [1.29, 1.82) is 0 Å². The lowest BCUT2D eigenvalue weighted by Crippen LogP contribution is -2.49. The molecule has 8 atom stereocenters. The third-order valence-corrected chi connectivity index (χ3v) is 23.6. The third kappa shape index (κ3) is 18.2. The monoisotopic (exact) mass is 1720 g/mol. The van der Waals surface area contributed by atoms with Crippen LogP contribution in [-0.4, -0.2) is 212 Å². The van der Waals surface area contributed by atoms with Gasteiger partial charge in [-0.05, 0) is 184 Å². The van der Waals surface area contributed by atoms with Crippen molar-refractivity contribution < 1.29 is 51.9 Å². The molecular weight excluding hydrogens is 1640 g/mol. The maximum Gasteiger partial charge on any atom is 0.248 e. The molecule has 0 radical (unpaired) electrons. The minimum Gasteiger partial charge on any atom is -0.348 e. The van der Waals surface area contributed by atoms with Crippen molar-refractivity contribution in [1.82, 2.24) is 94.1 Å². The summed E-state index contributed by atoms with van der Waals surface area (Å²) in [6.07, 6.45) is 15.2. The van der Waals surface area contributed by atoms with Crippen LogP contribution in [0.15, 0.2) is 169 Å². The van der Waals surface area contributed by atoms with E-state index in [-0.39, 0.29) is 121 Å². The van der Waals surface area contributed by atoms with Crippen LogP contribution in [0.25, 0.3) is 72.2 Å². The number of Topliss-reactive ketones (excluding diaryl/α,β-unsaturated/α-hetero) is 3. The Hall–Kier alpha value is -13.3. The smallest absolute Gasteiger partial charge is 0.248 e. The maximum atomic E-state index is 14.5. The molecule has 12 aromatic rings. The number of fused-ring (bicyclic) bond motifs is 5. The molecule has 0 unspecified atom stereocenters. The lowest BCUT2D eigenvalue weighted by Gasteiger charge is -2.27. The topological polar surface area (TPSA) is 359 Å². The Bertz CT molecular complexity index is 6220. The molecule has 30 nitrogen and oxygen atoms in total. The average molecular weight is 1730 g/mol. The number of nitrogens with zero attached hydrogens (tertiary/aromatic N) is 18. The summed E-state index contributed by atoms with van der Waals surface area (Å²) >= 11 is 3.34. The summed E-state index contributed by atoms with van der Waals surface area (Å²) in [5.74, 6) is 0.279. The Morgan fingerprint density at radius 2 is 0.992 bits per heavy atom. The van der Waals surface area contributed by atoms with E-state index in [0.29, 0.717) is 90.7 Å². The number of halogens is 3. The Morgan fingerprint density at radius 3 is 1.47 bits per heavy atom. The van der Waals surface area contributed by atoms with Crippen molar-refractivity contribution >= 4 is 119 Å². The summed E-state index contributed by atoms with van der Waals surface area (Å²) in [5, 5.41) is 23.6. The van der Waals surface area contributed by atoms with Gasteiger partial charge in [0.1, 0.15) is 101 Å². The van der Waals surface area contributed by atoms with Gasteiger partial charge in [0.25, 0.3) is 0 Å². The lowest BCUT2D eigenvalue weighted by molar-refractivity contribution is -0.140. The van der Waals surface area contributed by atoms with E-state index < -0.39 is 41.9 Å². The van der Waals surface area contributed by atoms with E-state index in [1.54, 1.807) is 101 Å². The Balaban J connectivity index is 0.000000137. The van der Waals surface area contributed by atoms with Crippen LogP contribution in [0.5, 0.6) is 0 Å². The number of likely N-dealkylation sites (tertiary alicyclic amines) is 3. The number of hydrogen-bond donors (Lipinski definition) is 3. The normalized spacial score (nSPS) is 19.9. The number of ketones is 3. The fraction of sp³-hybridized carbons (Fsp3) is 0.333. The zero-order valence-electron chi connectivity index (χ0n) is 68.8. The van der Waals surface area contributed by atoms with Gasteiger partial charge in [0.05, 0.1) is 29.6 Å². The number of carbonyl (C=O) groups excluding carboxylic acids is 9. The number of hydrogen-bond acceptors (Lipinski definition) is 21. The zero-order valence-corrected chi connectivity index (χ0v) is 70.3. The minimum absolute atomic E-state index is 0.00907. The Kier molecular flexibility index (Phi) is 23.5. The van der Waals surface area contributed by atoms with Gasteiger partial charge in [-0.25, -0.2) is 48.7 Å². The number of piperidine rings is 2. The van der Waals surface area contributed by atoms with Gasteiger partial charge >= 0.3 is 0 Å². The van der Waals surface area contributed by atoms with Crippen LogP contribution in [0.4, 0.5) is 20.4 Å². The van der Waals surface area contributed by atoms with E-state index in [1.165, 1.54) is 41.1 Å². The van der Waals surface area contributed by atoms with Crippen LogP contribution in [-0.2, 0) is 48.4 Å². The molecule has 6 fully saturated rings. The van der Waals surface area contributed by atoms with E-state index >= 15 is 0 Å². The third-order valence-electron chi connectivity index (χ3n) is 23.2. The molecule has 6 amide bonds. The average Bonchev–Trinajstić information content (AvgIpc) is 1.53. The van der Waals surface area contributed by atoms with E-state index in [4.69, 9.17) is 0 Å². The van der Waals surface area contributed by atoms with Crippen molar-refractivity contribution in [3.8, 4) is 33.4 Å². The summed E-state index contributed by atoms with van der Waals surface area (Å²) in [7, 11) is 4.01. The van der Waals surface area contributed by atoms with Crippen molar-refractivity contribution in [2.24, 2.45) is 11.3 Å². The SMILES string of the molecule is CC(=O)c1nn(CC(=O)N2C[C@H](F)C[C@H]2C(=O)Nc2cccc(C3CC3)n2)c2ccc(-c3cnc(C)nc3)cc12.CC(=O)c1nn(CC(=O)N2[C@@H]3C[C@@H]3C[C@H]2C(=O)NC/C(F)=C\c2ccccc2)c2ccc(-c3cnc(C)nc3)cc12.CC(=O)c1nn(CC(=O)N2[C@H](C(=O)Nc3cccc(Br)n3)C[C@@]3(CN(C)C)C[C@@H]23)c2ccc(-c3cnc(C)nc3)cc12. The van der Waals surface area contributed by atoms with Crippen molar-refractivity contribution in [2.75, 3.05) is 44.4 Å². The fourth-order valence-electron chi connectivity index (χ4n) is 17.0. The number of benzene rings is 4. The van der Waals surface area contributed by atoms with E-state index in [2.05, 4.69) is 91.9 Å². The number of pyridine rings is 2. The summed E-state index contributed by atoms with van der Waals surface area (Å²) in [5.41, 5.74) is 9.03. The predicted octanol–water partition coefficient (Wildman–Crippen LogP) is 11.7. The number of aryl methyl sites for hydroxylation is 3. The van der Waals surface area contributed by atoms with Gasteiger partial charge in [-0.3, -0.25) is 57.2 Å². The molecule has 33 heteroatoms. The highest BCUT2D eigenvalue weighted by atomic mass is 79.9. The number of aromatic nitrogens is 14. The molecule has 3 aliphatic heterocycles. The highest BCUT2D eigenvalue weighted by Crippen LogP contribution is 2.60. The fourth-order valence-corrected chi connectivity index (χ4v) is 17.3. The molecule has 4 aromatic carbocycles. The molecule has 6 aliphatic rings. The van der Waals surface area contributed by atoms with Crippen molar-refractivity contribution in [3.05, 3.63) is 215 Å². The first-order valence-corrected chi connectivity index (χ1v) is 41.4. The van der Waals surface area contributed by atoms with Gasteiger partial charge in [-0.15, -0.1) is 0 Å². The largest absolute Gasteiger partial charge is 0.348 e. The molecule has 0 spiro atoms. The summed E-state index contributed by atoms with van der Waals surface area (Å²) in [4.78, 5) is 159. The summed E-state index contributed by atoms with van der Waals surface area (Å²) in [6, 6.07) is 34.1. The quantitative estimate of drug-likeness (QED) is 0.0395. The lowest BCUT2D eigenvalue weighted by atomic mass is 9.98. The number of amides is 6. The molecule has 0 bridgehead atoms. The number of carbonyl (C=O) groups is 9. The minimum atomic E-state index is -1.33. The molecule has 11 heterocycles. The Morgan fingerprint density at radius 1 is 0.520 bits per heavy atom. The second kappa shape index (κ2) is 34.7. The van der Waals surface area contributed by atoms with Crippen molar-refractivity contribution in [3.63, 3.8) is 0 Å². The second-order valence-corrected chi connectivity index (χ2v) is 33.4. The van der Waals surface area contributed by atoms with Gasteiger partial charge in [0.15, 0.2) is 17.3 Å². The second-order valence-electron chi connectivity index (χ2n) is 32.6. The van der Waals surface area contributed by atoms with Gasteiger partial charge in [-0.2, -0.15) is 15.3 Å². The first kappa shape index (κ1) is 83.4. The van der Waals surface area contributed by atoms with Crippen LogP contribution >= 0.6 is 15.9 Å². The van der Waals surface area contributed by atoms with Crippen LogP contribution in [0.3, 0.4) is 0 Å². The van der Waals surface area contributed by atoms with E-state index in [0.717, 1.165) is 71.3 Å². The molecular formula is C90H88BrF2N21O9. The molecule has 3 N–H and O–H groups in total. The predicted molar refractivity (Wildman–Crippen MR) is 457 cm³/mol. The van der Waals surface area contributed by atoms with Crippen LogP contribution in [0, 0.1) is 32.1 Å². The molecule has 18 rings (SSSR count). The standard InChI is InChI=1S/C31H29FN6O3.C30H31BrN8O3.C29H28FN7O3/c1-18(39)30-25-11-21(23-14-33-19(2)34-15-23)8-9-26(25)37(36-30)17-29(40)38-27-12-22(27)13-28(38)31(41)35-16-24(32)10-20-6-4-3-5-7-20;1-17(40)28-21-10-19(20-13-32-18(2)33-14-20)8-9-22(21)38(36-28)15-27(41)39-23(11-30(12-24(30)39)16-37(3)4)29(42)35-26-7-5-6-25(31)34-26;1-16(38)28-22-10-19(20-12-31-17(2)32-13-20)8-9-24(22)37(35-28)15-27(39)36-14-21(30)11-25(36)29(40)34-26-5-3-4-23(33-26)18-6-7-18/h3-11,14-15,22,27-28H,12-13,16-17H2,1-2H3,(H,35,41);5-10,13-14,23-24H,11-12,15-16H2,1-4H3,(H,34,35,42);3-5,8-10,12-13,18,21,25H,6-7,11,14-15H2,1-2H3,(H,33,34,40)/b24-10+;;/t22-,27-,28+;23-,24+,30-;21-,25+/m101/s1. The van der Waals surface area contributed by atoms with Crippen LogP contribution in [0.2, 0.25) is 0 Å². The van der Waals surface area contributed by atoms with Gasteiger partial charge in [0.2, 0.25) is 35.4 Å². The molecule has 3 saturated heterocycles. The molecule has 628 valence electrons. The van der Waals surface area contributed by atoms with Gasteiger partial charge in [0, 0.05) is 133 Å². The zero-order chi connectivity index (χ0) is 86.4. The number of anilines is 2. The van der Waals surface area contributed by atoms with Crippen LogP contribution in [0.1, 0.15) is 132 Å². The molecule has 8 aromatic heterocycles. The van der Waals surface area contributed by atoms with E-state index in [1.807, 2.05) is 107 Å². The first-order chi connectivity index (χ1) is 59.1. The highest BCUT2D eigenvalue weighted by Gasteiger charge is 2.67. The van der Waals surface area contributed by atoms with Gasteiger partial charge in [-0.1, -0.05) is 60.7 Å². The number of rotatable bonds is 23. The Labute approximate surface area is 713 Å². The molecule has 3 saturated carbocycles. The maximum absolute atomic E-state index is 14.5. The highest BCUT2D eigenvalue weighted by molar-refractivity contribution is 9.10. The number of alkyl halides is 1. The number of nitrogens with one attached hydrogen (secondary N) is 3. The van der Waals surface area contributed by atoms with Crippen molar-refractivity contribution in [2.45, 2.75) is 148 Å². The summed E-state index contributed by atoms with van der Waals surface area (Å²) < 4.78 is 34.1. The van der Waals surface area contributed by atoms with Gasteiger partial charge < -0.3 is 35.6 Å². The summed E-state index contributed by atoms with van der Waals surface area (Å²) in [6.45, 7) is 9.63. The molecule has 123 heavy (non-hydrogen) atoms. The molecule has 3 aliphatic carbocycles.